The number of carbonyl (C=O) groups excluding carboxylic acids is 2. The lowest BCUT2D eigenvalue weighted by Crippen LogP contribution is -2.40. The lowest BCUT2D eigenvalue weighted by Gasteiger charge is -2.26. The summed E-state index contributed by atoms with van der Waals surface area (Å²) in [6, 6.07) is 15.5. The summed E-state index contributed by atoms with van der Waals surface area (Å²) in [4.78, 5) is 30.0. The van der Waals surface area contributed by atoms with Crippen molar-refractivity contribution in [3.63, 3.8) is 0 Å². The molecule has 1 heterocycles. The SMILES string of the molecule is CCNC(=NCc1cccc(OCC(=O)N(C)C)c1)NCC1CC(=O)Nc2ccccc21.I. The van der Waals surface area contributed by atoms with E-state index in [9.17, 15) is 9.59 Å². The van der Waals surface area contributed by atoms with Crippen LogP contribution in [0, 0.1) is 0 Å². The van der Waals surface area contributed by atoms with Crippen LogP contribution in [-0.4, -0.2) is 56.5 Å². The van der Waals surface area contributed by atoms with Gasteiger partial charge in [0, 0.05) is 45.2 Å². The van der Waals surface area contributed by atoms with Gasteiger partial charge in [-0.1, -0.05) is 30.3 Å². The van der Waals surface area contributed by atoms with Gasteiger partial charge in [0.2, 0.25) is 5.91 Å². The van der Waals surface area contributed by atoms with Crippen molar-refractivity contribution in [3.05, 3.63) is 59.7 Å². The average Bonchev–Trinajstić information content (AvgIpc) is 2.79. The van der Waals surface area contributed by atoms with Crippen molar-refractivity contribution in [1.29, 1.82) is 0 Å². The molecule has 0 fully saturated rings. The summed E-state index contributed by atoms with van der Waals surface area (Å²) < 4.78 is 5.59. The summed E-state index contributed by atoms with van der Waals surface area (Å²) >= 11 is 0. The Labute approximate surface area is 212 Å². The van der Waals surface area contributed by atoms with Gasteiger partial charge < -0.3 is 25.6 Å². The third kappa shape index (κ3) is 7.92. The van der Waals surface area contributed by atoms with Gasteiger partial charge >= 0.3 is 0 Å². The van der Waals surface area contributed by atoms with E-state index >= 15 is 0 Å². The van der Waals surface area contributed by atoms with Crippen LogP contribution in [0.4, 0.5) is 5.69 Å². The molecule has 1 atom stereocenters. The molecule has 178 valence electrons. The molecule has 1 aliphatic rings. The van der Waals surface area contributed by atoms with Crippen LogP contribution >= 0.6 is 24.0 Å². The number of anilines is 1. The number of halogens is 1. The summed E-state index contributed by atoms with van der Waals surface area (Å²) in [6.45, 7) is 3.79. The smallest absolute Gasteiger partial charge is 0.259 e. The maximum Gasteiger partial charge on any atom is 0.259 e. The highest BCUT2D eigenvalue weighted by molar-refractivity contribution is 14.0. The van der Waals surface area contributed by atoms with E-state index in [0.29, 0.717) is 31.2 Å². The third-order valence-corrected chi connectivity index (χ3v) is 5.15. The molecule has 0 spiro atoms. The number of guanidine groups is 1. The van der Waals surface area contributed by atoms with Crippen LogP contribution in [-0.2, 0) is 16.1 Å². The maximum atomic E-state index is 12.1. The molecular weight excluding hydrogens is 533 g/mol. The number of likely N-dealkylation sites (N-methyl/N-ethyl adjacent to an activating group) is 1. The zero-order valence-electron chi connectivity index (χ0n) is 19.3. The first-order valence-electron chi connectivity index (χ1n) is 10.8. The standard InChI is InChI=1S/C24H31N5O3.HI/c1-4-25-24(27-15-18-13-22(30)28-21-11-6-5-10-20(18)21)26-14-17-8-7-9-19(12-17)32-16-23(31)29(2)3;/h5-12,18H,4,13-16H2,1-3H3,(H,28,30)(H2,25,26,27);1H. The minimum Gasteiger partial charge on any atom is -0.484 e. The number of ether oxygens (including phenoxy) is 1. The normalized spacial score (nSPS) is 14.9. The Morgan fingerprint density at radius 1 is 1.18 bits per heavy atom. The number of nitrogens with zero attached hydrogens (tertiary/aromatic N) is 2. The molecule has 8 nitrogen and oxygen atoms in total. The van der Waals surface area contributed by atoms with Gasteiger partial charge in [-0.05, 0) is 36.2 Å². The van der Waals surface area contributed by atoms with Crippen LogP contribution in [0.15, 0.2) is 53.5 Å². The summed E-state index contributed by atoms with van der Waals surface area (Å²) in [5, 5.41) is 9.55. The Kier molecular flexibility index (Phi) is 10.4. The van der Waals surface area contributed by atoms with Crippen LogP contribution in [0.5, 0.6) is 5.75 Å². The molecule has 3 rings (SSSR count). The van der Waals surface area contributed by atoms with E-state index in [2.05, 4.69) is 27.0 Å². The van der Waals surface area contributed by atoms with Crippen LogP contribution < -0.4 is 20.7 Å². The van der Waals surface area contributed by atoms with Gasteiger partial charge in [-0.15, -0.1) is 24.0 Å². The second-order valence-corrected chi connectivity index (χ2v) is 7.84. The number of amides is 2. The highest BCUT2D eigenvalue weighted by Gasteiger charge is 2.24. The fourth-order valence-corrected chi connectivity index (χ4v) is 3.42. The first-order chi connectivity index (χ1) is 15.5. The second kappa shape index (κ2) is 13.0. The van der Waals surface area contributed by atoms with Gasteiger partial charge in [-0.3, -0.25) is 9.59 Å². The number of benzene rings is 2. The molecule has 33 heavy (non-hydrogen) atoms. The predicted molar refractivity (Wildman–Crippen MR) is 141 cm³/mol. The summed E-state index contributed by atoms with van der Waals surface area (Å²) in [7, 11) is 3.40. The molecule has 3 N–H and O–H groups in total. The number of carbonyl (C=O) groups is 2. The first-order valence-corrected chi connectivity index (χ1v) is 10.8. The molecule has 2 aromatic rings. The maximum absolute atomic E-state index is 12.1. The minimum atomic E-state index is -0.0926. The largest absolute Gasteiger partial charge is 0.484 e. The molecule has 0 aromatic heterocycles. The van der Waals surface area contributed by atoms with E-state index in [1.54, 1.807) is 14.1 Å². The summed E-state index contributed by atoms with van der Waals surface area (Å²) in [6.07, 6.45) is 0.439. The number of aliphatic imine (C=N–C) groups is 1. The highest BCUT2D eigenvalue weighted by Crippen LogP contribution is 2.31. The fraction of sp³-hybridized carbons (Fsp3) is 0.375. The Hall–Kier alpha value is -2.82. The van der Waals surface area contributed by atoms with E-state index in [-0.39, 0.29) is 48.3 Å². The molecular formula is C24H32IN5O3. The van der Waals surface area contributed by atoms with Crippen molar-refractivity contribution < 1.29 is 14.3 Å². The number of fused-ring (bicyclic) bond motifs is 1. The molecule has 0 aliphatic carbocycles. The van der Waals surface area contributed by atoms with E-state index in [1.165, 1.54) is 4.90 Å². The average molecular weight is 565 g/mol. The van der Waals surface area contributed by atoms with Crippen LogP contribution in [0.3, 0.4) is 0 Å². The predicted octanol–water partition coefficient (Wildman–Crippen LogP) is 2.95. The molecule has 1 aliphatic heterocycles. The molecule has 2 aromatic carbocycles. The molecule has 0 saturated heterocycles. The van der Waals surface area contributed by atoms with Gasteiger partial charge in [0.05, 0.1) is 6.54 Å². The second-order valence-electron chi connectivity index (χ2n) is 7.84. The molecule has 0 bridgehead atoms. The van der Waals surface area contributed by atoms with Crippen molar-refractivity contribution in [2.24, 2.45) is 4.99 Å². The fourth-order valence-electron chi connectivity index (χ4n) is 3.42. The Morgan fingerprint density at radius 2 is 1.97 bits per heavy atom. The van der Waals surface area contributed by atoms with E-state index < -0.39 is 0 Å². The van der Waals surface area contributed by atoms with Crippen molar-refractivity contribution in [1.82, 2.24) is 15.5 Å². The van der Waals surface area contributed by atoms with Gasteiger partial charge in [0.25, 0.3) is 5.91 Å². The molecule has 2 amide bonds. The lowest BCUT2D eigenvalue weighted by atomic mass is 9.90. The summed E-state index contributed by atoms with van der Waals surface area (Å²) in [5.41, 5.74) is 2.98. The molecule has 0 radical (unpaired) electrons. The number of nitrogens with one attached hydrogen (secondary N) is 3. The van der Waals surface area contributed by atoms with Crippen LogP contribution in [0.25, 0.3) is 0 Å². The van der Waals surface area contributed by atoms with Gasteiger partial charge in [-0.2, -0.15) is 0 Å². The number of hydrogen-bond acceptors (Lipinski definition) is 4. The third-order valence-electron chi connectivity index (χ3n) is 5.15. The van der Waals surface area contributed by atoms with E-state index in [4.69, 9.17) is 4.74 Å². The van der Waals surface area contributed by atoms with Crippen LogP contribution in [0.2, 0.25) is 0 Å². The van der Waals surface area contributed by atoms with Crippen LogP contribution in [0.1, 0.15) is 30.4 Å². The Bertz CT molecular complexity index is 980. The van der Waals surface area contributed by atoms with Crippen molar-refractivity contribution >= 4 is 47.4 Å². The Morgan fingerprint density at radius 3 is 2.73 bits per heavy atom. The number of rotatable bonds is 8. The quantitative estimate of drug-likeness (QED) is 0.260. The zero-order chi connectivity index (χ0) is 22.9. The number of para-hydroxylation sites is 1. The van der Waals surface area contributed by atoms with Gasteiger partial charge in [0.1, 0.15) is 5.75 Å². The zero-order valence-corrected chi connectivity index (χ0v) is 21.6. The molecule has 1 unspecified atom stereocenters. The lowest BCUT2D eigenvalue weighted by molar-refractivity contribution is -0.130. The Balaban J connectivity index is 0.00000385. The monoisotopic (exact) mass is 565 g/mol. The van der Waals surface area contributed by atoms with E-state index in [0.717, 1.165) is 23.4 Å². The minimum absolute atomic E-state index is 0. The number of hydrogen-bond donors (Lipinski definition) is 3. The van der Waals surface area contributed by atoms with E-state index in [1.807, 2.05) is 49.4 Å². The van der Waals surface area contributed by atoms with Crippen molar-refractivity contribution in [2.45, 2.75) is 25.8 Å². The van der Waals surface area contributed by atoms with Crippen molar-refractivity contribution in [3.8, 4) is 5.75 Å². The first kappa shape index (κ1) is 26.4. The summed E-state index contributed by atoms with van der Waals surface area (Å²) in [5.74, 6) is 1.34. The van der Waals surface area contributed by atoms with Crippen molar-refractivity contribution in [2.75, 3.05) is 39.1 Å². The topological polar surface area (TPSA) is 95.1 Å². The highest BCUT2D eigenvalue weighted by atomic mass is 127. The molecule has 0 saturated carbocycles. The van der Waals surface area contributed by atoms with Gasteiger partial charge in [0.15, 0.2) is 12.6 Å². The molecule has 9 heteroatoms. The van der Waals surface area contributed by atoms with Gasteiger partial charge in [-0.25, -0.2) is 4.99 Å².